The molecule has 3 aromatic carbocycles. The van der Waals surface area contributed by atoms with E-state index in [0.29, 0.717) is 43.6 Å². The van der Waals surface area contributed by atoms with Gasteiger partial charge in [-0.3, -0.25) is 4.79 Å². The van der Waals surface area contributed by atoms with E-state index in [-0.39, 0.29) is 23.0 Å². The Morgan fingerprint density at radius 3 is 2.49 bits per heavy atom. The lowest BCUT2D eigenvalue weighted by Crippen LogP contribution is -2.14. The summed E-state index contributed by atoms with van der Waals surface area (Å²) in [6.45, 7) is 2.05. The second-order valence-electron chi connectivity index (χ2n) is 8.09. The highest BCUT2D eigenvalue weighted by Gasteiger charge is 2.34. The highest BCUT2D eigenvalue weighted by molar-refractivity contribution is 9.10. The largest absolute Gasteiger partial charge is 0.506 e. The number of amides is 1. The molecular formula is C29H23BrClNO6S. The van der Waals surface area contributed by atoms with Crippen molar-refractivity contribution in [2.45, 2.75) is 13.5 Å². The summed E-state index contributed by atoms with van der Waals surface area (Å²) >= 11 is 10.5. The van der Waals surface area contributed by atoms with Crippen molar-refractivity contribution in [2.24, 2.45) is 4.99 Å². The van der Waals surface area contributed by atoms with Crippen molar-refractivity contribution in [2.75, 3.05) is 13.7 Å². The van der Waals surface area contributed by atoms with Crippen LogP contribution in [0.15, 0.2) is 92.4 Å². The molecule has 1 amide bonds. The maximum absolute atomic E-state index is 12.7. The van der Waals surface area contributed by atoms with E-state index in [0.717, 1.165) is 17.3 Å². The van der Waals surface area contributed by atoms with E-state index in [9.17, 15) is 14.7 Å². The Hall–Kier alpha value is -3.53. The number of ether oxygens (including phenoxy) is 3. The van der Waals surface area contributed by atoms with Gasteiger partial charge in [-0.25, -0.2) is 9.79 Å². The van der Waals surface area contributed by atoms with Gasteiger partial charge in [0, 0.05) is 10.6 Å². The Labute approximate surface area is 243 Å². The molecular weight excluding hydrogens is 606 g/mol. The summed E-state index contributed by atoms with van der Waals surface area (Å²) in [5.74, 6) is -0.682. The summed E-state index contributed by atoms with van der Waals surface area (Å²) < 4.78 is 17.3. The Balaban J connectivity index is 1.65. The quantitative estimate of drug-likeness (QED) is 0.260. The van der Waals surface area contributed by atoms with E-state index >= 15 is 0 Å². The Morgan fingerprint density at radius 1 is 1.10 bits per heavy atom. The molecule has 0 saturated carbocycles. The fourth-order valence-electron chi connectivity index (χ4n) is 3.58. The smallest absolute Gasteiger partial charge is 0.344 e. The number of nitrogens with zero attached hydrogens (tertiary/aromatic N) is 1. The fraction of sp³-hybridized carbons (Fsp3) is 0.138. The molecule has 10 heteroatoms. The summed E-state index contributed by atoms with van der Waals surface area (Å²) in [7, 11) is 1.52. The Morgan fingerprint density at radius 2 is 1.82 bits per heavy atom. The van der Waals surface area contributed by atoms with E-state index in [1.807, 2.05) is 12.1 Å². The molecule has 3 aromatic rings. The van der Waals surface area contributed by atoms with Crippen molar-refractivity contribution in [3.8, 4) is 11.5 Å². The number of carbonyl (C=O) groups excluding carboxylic acids is 2. The number of aliphatic hydroxyl groups is 1. The predicted octanol–water partition coefficient (Wildman–Crippen LogP) is 7.39. The number of aliphatic imine (C=N–C) groups is 1. The molecule has 1 N–H and O–H groups in total. The summed E-state index contributed by atoms with van der Waals surface area (Å²) in [6, 6.07) is 19.3. The lowest BCUT2D eigenvalue weighted by molar-refractivity contribution is -0.138. The first-order valence-corrected chi connectivity index (χ1v) is 13.7. The second-order valence-corrected chi connectivity index (χ2v) is 10.4. The third-order valence-electron chi connectivity index (χ3n) is 5.44. The molecule has 0 unspecified atom stereocenters. The van der Waals surface area contributed by atoms with Crippen LogP contribution in [0, 0.1) is 0 Å². The molecule has 7 nitrogen and oxygen atoms in total. The lowest BCUT2D eigenvalue weighted by atomic mass is 10.1. The van der Waals surface area contributed by atoms with Gasteiger partial charge < -0.3 is 19.3 Å². The van der Waals surface area contributed by atoms with Gasteiger partial charge in [0.1, 0.15) is 23.0 Å². The fourth-order valence-corrected chi connectivity index (χ4v) is 5.29. The molecule has 0 aliphatic carbocycles. The molecule has 0 fully saturated rings. The standard InChI is InChI=1S/C29H23BrClNO6S/c1-3-37-29(35)24-25(33)23(39-28(24)32-27(34)19-7-5-4-6-8-19)15-18-13-21(30)26(22(14-18)36-2)38-16-17-9-11-20(31)12-10-17/h4-15,33H,3,16H2,1-2H3/b23-15-,32-28?. The van der Waals surface area contributed by atoms with E-state index in [1.165, 1.54) is 7.11 Å². The van der Waals surface area contributed by atoms with Crippen molar-refractivity contribution in [3.05, 3.63) is 109 Å². The molecule has 0 aromatic heterocycles. The van der Waals surface area contributed by atoms with Gasteiger partial charge in [0.2, 0.25) is 0 Å². The number of esters is 1. The van der Waals surface area contributed by atoms with Crippen LogP contribution in [0.4, 0.5) is 0 Å². The molecule has 1 aliphatic rings. The minimum absolute atomic E-state index is 0.0556. The van der Waals surface area contributed by atoms with Gasteiger partial charge in [-0.05, 0) is 76.5 Å². The molecule has 200 valence electrons. The minimum Gasteiger partial charge on any atom is -0.506 e. The van der Waals surface area contributed by atoms with Crippen LogP contribution in [0.5, 0.6) is 11.5 Å². The van der Waals surface area contributed by atoms with Gasteiger partial charge in [-0.15, -0.1) is 0 Å². The van der Waals surface area contributed by atoms with E-state index in [4.69, 9.17) is 25.8 Å². The van der Waals surface area contributed by atoms with Crippen molar-refractivity contribution in [3.63, 3.8) is 0 Å². The normalized spacial score (nSPS) is 15.1. The number of hydrogen-bond acceptors (Lipinski definition) is 7. The van der Waals surface area contributed by atoms with Gasteiger partial charge in [-0.2, -0.15) is 0 Å². The topological polar surface area (TPSA) is 94.4 Å². The molecule has 0 spiro atoms. The molecule has 39 heavy (non-hydrogen) atoms. The average Bonchev–Trinajstić information content (AvgIpc) is 3.23. The second kappa shape index (κ2) is 13.0. The highest BCUT2D eigenvalue weighted by atomic mass is 79.9. The van der Waals surface area contributed by atoms with Gasteiger partial charge >= 0.3 is 5.97 Å². The van der Waals surface area contributed by atoms with Crippen LogP contribution in [0.1, 0.15) is 28.4 Å². The van der Waals surface area contributed by atoms with Crippen molar-refractivity contribution >= 4 is 62.3 Å². The molecule has 1 aliphatic heterocycles. The number of aliphatic hydroxyl groups excluding tert-OH is 1. The number of benzene rings is 3. The zero-order chi connectivity index (χ0) is 27.9. The van der Waals surface area contributed by atoms with Crippen molar-refractivity contribution < 1.29 is 28.9 Å². The first-order chi connectivity index (χ1) is 18.8. The maximum atomic E-state index is 12.7. The van der Waals surface area contributed by atoms with Crippen molar-refractivity contribution in [1.82, 2.24) is 0 Å². The zero-order valence-corrected chi connectivity index (χ0v) is 24.1. The van der Waals surface area contributed by atoms with Crippen LogP contribution in [0.3, 0.4) is 0 Å². The molecule has 0 bridgehead atoms. The number of halogens is 2. The minimum atomic E-state index is -0.768. The van der Waals surface area contributed by atoms with Gasteiger partial charge in [-0.1, -0.05) is 53.7 Å². The molecule has 0 atom stereocenters. The summed E-state index contributed by atoms with van der Waals surface area (Å²) in [6.07, 6.45) is 1.66. The van der Waals surface area contributed by atoms with E-state index < -0.39 is 11.9 Å². The molecule has 4 rings (SSSR count). The highest BCUT2D eigenvalue weighted by Crippen LogP contribution is 2.42. The summed E-state index contributed by atoms with van der Waals surface area (Å²) in [4.78, 5) is 29.8. The van der Waals surface area contributed by atoms with Gasteiger partial charge in [0.25, 0.3) is 5.91 Å². The molecule has 0 saturated heterocycles. The maximum Gasteiger partial charge on any atom is 0.344 e. The third-order valence-corrected chi connectivity index (χ3v) is 7.30. The zero-order valence-electron chi connectivity index (χ0n) is 20.9. The first-order valence-electron chi connectivity index (χ1n) is 11.7. The lowest BCUT2D eigenvalue weighted by Gasteiger charge is -2.14. The SMILES string of the molecule is CCOC(=O)C1=C(O)/C(=C/c2cc(Br)c(OCc3ccc(Cl)cc3)c(OC)c2)SC1=NC(=O)c1ccccc1. The number of carbonyl (C=O) groups is 2. The number of thioether (sulfide) groups is 1. The third kappa shape index (κ3) is 6.92. The molecule has 1 heterocycles. The average molecular weight is 629 g/mol. The van der Waals surface area contributed by atoms with Crippen molar-refractivity contribution in [1.29, 1.82) is 0 Å². The number of hydrogen-bond donors (Lipinski definition) is 1. The van der Waals surface area contributed by atoms with Gasteiger partial charge in [0.15, 0.2) is 11.5 Å². The first kappa shape index (κ1) is 28.5. The molecule has 0 radical (unpaired) electrons. The summed E-state index contributed by atoms with van der Waals surface area (Å²) in [5, 5.41) is 11.7. The van der Waals surface area contributed by atoms with Crippen LogP contribution < -0.4 is 9.47 Å². The van der Waals surface area contributed by atoms with Crippen LogP contribution in [-0.2, 0) is 16.1 Å². The predicted molar refractivity (Wildman–Crippen MR) is 157 cm³/mol. The van der Waals surface area contributed by atoms with Crippen LogP contribution >= 0.6 is 39.3 Å². The van der Waals surface area contributed by atoms with Crippen LogP contribution in [0.2, 0.25) is 5.02 Å². The monoisotopic (exact) mass is 627 g/mol. The van der Waals surface area contributed by atoms with Crippen LogP contribution in [0.25, 0.3) is 6.08 Å². The number of methoxy groups -OCH3 is 1. The Kier molecular flexibility index (Phi) is 9.50. The van der Waals surface area contributed by atoms with E-state index in [2.05, 4.69) is 20.9 Å². The Bertz CT molecular complexity index is 1490. The van der Waals surface area contributed by atoms with E-state index in [1.54, 1.807) is 67.6 Å². The summed E-state index contributed by atoms with van der Waals surface area (Å²) in [5.41, 5.74) is 1.77. The van der Waals surface area contributed by atoms with Crippen LogP contribution in [-0.4, -0.2) is 35.7 Å². The van der Waals surface area contributed by atoms with Gasteiger partial charge in [0.05, 0.1) is 23.1 Å². The number of rotatable bonds is 8.